The van der Waals surface area contributed by atoms with E-state index in [0.717, 1.165) is 5.25 Å². The quantitative estimate of drug-likeness (QED) is 0.792. The Morgan fingerprint density at radius 2 is 2.43 bits per heavy atom. The molecular weight excluding hydrogens is 198 g/mol. The van der Waals surface area contributed by atoms with Gasteiger partial charge in [-0.15, -0.1) is 5.10 Å². The van der Waals surface area contributed by atoms with Crippen LogP contribution in [0.4, 0.5) is 5.95 Å². The van der Waals surface area contributed by atoms with Gasteiger partial charge < -0.3 is 5.32 Å². The summed E-state index contributed by atoms with van der Waals surface area (Å²) >= 11 is 1.96. The van der Waals surface area contributed by atoms with E-state index in [2.05, 4.69) is 32.2 Å². The van der Waals surface area contributed by atoms with Crippen molar-refractivity contribution in [2.45, 2.75) is 37.0 Å². The zero-order valence-electron chi connectivity index (χ0n) is 8.23. The lowest BCUT2D eigenvalue weighted by Crippen LogP contribution is -2.28. The molecule has 0 bridgehead atoms. The maximum absolute atomic E-state index is 3.90. The van der Waals surface area contributed by atoms with Crippen molar-refractivity contribution in [3.05, 3.63) is 0 Å². The van der Waals surface area contributed by atoms with Crippen molar-refractivity contribution in [1.82, 2.24) is 20.6 Å². The standard InChI is InChI=1S/C8H15N5S/c1-14-7-4-2-3-6(5-7)9-8-10-12-13-11-8/h6-7H,2-5H2,1H3,(H2,9,10,11,12,13). The third-order valence-corrected chi connectivity index (χ3v) is 3.73. The van der Waals surface area contributed by atoms with Crippen molar-refractivity contribution in [2.75, 3.05) is 11.6 Å². The Morgan fingerprint density at radius 3 is 3.14 bits per heavy atom. The molecule has 1 aromatic rings. The first-order valence-electron chi connectivity index (χ1n) is 4.91. The topological polar surface area (TPSA) is 66.5 Å². The van der Waals surface area contributed by atoms with Gasteiger partial charge in [-0.2, -0.15) is 17.0 Å². The van der Waals surface area contributed by atoms with Crippen LogP contribution in [0, 0.1) is 0 Å². The van der Waals surface area contributed by atoms with Crippen LogP contribution >= 0.6 is 11.8 Å². The van der Waals surface area contributed by atoms with Crippen LogP contribution in [0.5, 0.6) is 0 Å². The molecule has 0 amide bonds. The van der Waals surface area contributed by atoms with E-state index in [4.69, 9.17) is 0 Å². The van der Waals surface area contributed by atoms with Gasteiger partial charge in [0.05, 0.1) is 0 Å². The first kappa shape index (κ1) is 9.76. The predicted molar refractivity (Wildman–Crippen MR) is 57.4 cm³/mol. The van der Waals surface area contributed by atoms with E-state index in [1.807, 2.05) is 11.8 Å². The Bertz CT molecular complexity index is 263. The van der Waals surface area contributed by atoms with Crippen molar-refractivity contribution in [1.29, 1.82) is 0 Å². The number of aromatic nitrogens is 4. The number of aromatic amines is 1. The SMILES string of the molecule is CSC1CCCC(Nc2nn[nH]n2)C1. The Morgan fingerprint density at radius 1 is 1.50 bits per heavy atom. The van der Waals surface area contributed by atoms with E-state index >= 15 is 0 Å². The molecule has 1 fully saturated rings. The average molecular weight is 213 g/mol. The second kappa shape index (κ2) is 4.63. The summed E-state index contributed by atoms with van der Waals surface area (Å²) in [7, 11) is 0. The minimum atomic E-state index is 0.513. The summed E-state index contributed by atoms with van der Waals surface area (Å²) in [4.78, 5) is 0. The smallest absolute Gasteiger partial charge is 0.263 e. The largest absolute Gasteiger partial charge is 0.349 e. The third-order valence-electron chi connectivity index (χ3n) is 2.64. The molecule has 2 unspecified atom stereocenters. The minimum absolute atomic E-state index is 0.513. The van der Waals surface area contributed by atoms with Gasteiger partial charge in [-0.1, -0.05) is 11.5 Å². The maximum Gasteiger partial charge on any atom is 0.263 e. The highest BCUT2D eigenvalue weighted by molar-refractivity contribution is 7.99. The number of H-pyrrole nitrogens is 1. The fraction of sp³-hybridized carbons (Fsp3) is 0.875. The highest BCUT2D eigenvalue weighted by atomic mass is 32.2. The summed E-state index contributed by atoms with van der Waals surface area (Å²) in [5, 5.41) is 17.8. The molecule has 14 heavy (non-hydrogen) atoms. The molecule has 2 N–H and O–H groups in total. The second-order valence-electron chi connectivity index (χ2n) is 3.60. The van der Waals surface area contributed by atoms with Crippen LogP contribution in [0.25, 0.3) is 0 Å². The highest BCUT2D eigenvalue weighted by Gasteiger charge is 2.21. The highest BCUT2D eigenvalue weighted by Crippen LogP contribution is 2.27. The van der Waals surface area contributed by atoms with Crippen LogP contribution in [-0.2, 0) is 0 Å². The van der Waals surface area contributed by atoms with E-state index in [1.165, 1.54) is 25.7 Å². The van der Waals surface area contributed by atoms with Crippen LogP contribution in [0.2, 0.25) is 0 Å². The zero-order valence-corrected chi connectivity index (χ0v) is 9.05. The maximum atomic E-state index is 3.90. The van der Waals surface area contributed by atoms with E-state index in [9.17, 15) is 0 Å². The lowest BCUT2D eigenvalue weighted by molar-refractivity contribution is 0.471. The second-order valence-corrected chi connectivity index (χ2v) is 4.74. The van der Waals surface area contributed by atoms with Gasteiger partial charge in [-0.25, -0.2) is 0 Å². The van der Waals surface area contributed by atoms with Crippen LogP contribution in [-0.4, -0.2) is 38.2 Å². The Hall–Kier alpha value is -0.780. The van der Waals surface area contributed by atoms with Crippen molar-refractivity contribution in [3.63, 3.8) is 0 Å². The molecule has 2 rings (SSSR count). The Kier molecular flexibility index (Phi) is 3.23. The lowest BCUT2D eigenvalue weighted by Gasteiger charge is -2.27. The Balaban J connectivity index is 1.86. The predicted octanol–water partition coefficient (Wildman–Crippen LogP) is 1.29. The summed E-state index contributed by atoms with van der Waals surface area (Å²) in [5.41, 5.74) is 0. The van der Waals surface area contributed by atoms with E-state index in [0.29, 0.717) is 12.0 Å². The molecule has 78 valence electrons. The van der Waals surface area contributed by atoms with Gasteiger partial charge in [-0.3, -0.25) is 0 Å². The van der Waals surface area contributed by atoms with Gasteiger partial charge in [-0.05, 0) is 30.7 Å². The van der Waals surface area contributed by atoms with Gasteiger partial charge in [0.1, 0.15) is 0 Å². The molecule has 6 heteroatoms. The van der Waals surface area contributed by atoms with Crippen molar-refractivity contribution >= 4 is 17.7 Å². The van der Waals surface area contributed by atoms with E-state index in [1.54, 1.807) is 0 Å². The Labute approximate surface area is 87.4 Å². The molecule has 2 atom stereocenters. The van der Waals surface area contributed by atoms with Crippen molar-refractivity contribution < 1.29 is 0 Å². The fourth-order valence-electron chi connectivity index (χ4n) is 1.90. The molecule has 1 saturated carbocycles. The number of tetrazole rings is 1. The summed E-state index contributed by atoms with van der Waals surface area (Å²) in [6, 6.07) is 0.513. The summed E-state index contributed by atoms with van der Waals surface area (Å²) in [6.45, 7) is 0. The van der Waals surface area contributed by atoms with Crippen LogP contribution in [0.3, 0.4) is 0 Å². The molecule has 1 aliphatic rings. The average Bonchev–Trinajstić information content (AvgIpc) is 2.71. The number of hydrogen-bond donors (Lipinski definition) is 2. The molecule has 0 spiro atoms. The van der Waals surface area contributed by atoms with Gasteiger partial charge in [0.15, 0.2) is 0 Å². The number of hydrogen-bond acceptors (Lipinski definition) is 5. The molecule has 0 radical (unpaired) electrons. The molecule has 0 saturated heterocycles. The molecule has 1 aromatic heterocycles. The summed E-state index contributed by atoms with van der Waals surface area (Å²) < 4.78 is 0. The number of thioether (sulfide) groups is 1. The molecule has 0 aromatic carbocycles. The van der Waals surface area contributed by atoms with Crippen molar-refractivity contribution in [3.8, 4) is 0 Å². The monoisotopic (exact) mass is 213 g/mol. The normalized spacial score (nSPS) is 27.5. The summed E-state index contributed by atoms with van der Waals surface area (Å²) in [6.07, 6.45) is 7.23. The zero-order chi connectivity index (χ0) is 9.80. The lowest BCUT2D eigenvalue weighted by atomic mass is 9.95. The van der Waals surface area contributed by atoms with Crippen LogP contribution < -0.4 is 5.32 Å². The molecule has 1 heterocycles. The van der Waals surface area contributed by atoms with Crippen molar-refractivity contribution in [2.24, 2.45) is 0 Å². The van der Waals surface area contributed by atoms with Gasteiger partial charge in [0, 0.05) is 11.3 Å². The van der Waals surface area contributed by atoms with E-state index in [-0.39, 0.29) is 0 Å². The van der Waals surface area contributed by atoms with E-state index < -0.39 is 0 Å². The van der Waals surface area contributed by atoms with Crippen LogP contribution in [0.15, 0.2) is 0 Å². The number of anilines is 1. The first-order chi connectivity index (χ1) is 6.88. The summed E-state index contributed by atoms with van der Waals surface area (Å²) in [5.74, 6) is 0.622. The number of rotatable bonds is 3. The van der Waals surface area contributed by atoms with Gasteiger partial charge in [0.25, 0.3) is 5.95 Å². The first-order valence-corrected chi connectivity index (χ1v) is 6.20. The minimum Gasteiger partial charge on any atom is -0.349 e. The third kappa shape index (κ3) is 2.37. The number of nitrogens with one attached hydrogen (secondary N) is 2. The fourth-order valence-corrected chi connectivity index (χ4v) is 2.72. The number of nitrogens with zero attached hydrogens (tertiary/aromatic N) is 3. The molecule has 1 aliphatic carbocycles. The van der Waals surface area contributed by atoms with Gasteiger partial charge in [0.2, 0.25) is 0 Å². The molecule has 0 aliphatic heterocycles. The van der Waals surface area contributed by atoms with Crippen LogP contribution in [0.1, 0.15) is 25.7 Å². The molecular formula is C8H15N5S. The molecule has 5 nitrogen and oxygen atoms in total. The van der Waals surface area contributed by atoms with Gasteiger partial charge >= 0.3 is 0 Å².